The highest BCUT2D eigenvalue weighted by atomic mass is 32.2. The fraction of sp³-hybridized carbons (Fsp3) is 0.316. The fourth-order valence-corrected chi connectivity index (χ4v) is 4.12. The van der Waals surface area contributed by atoms with Gasteiger partial charge in [0.2, 0.25) is 0 Å². The Balaban J connectivity index is 2.70. The van der Waals surface area contributed by atoms with Crippen LogP contribution < -0.4 is 13.8 Å². The minimum Gasteiger partial charge on any atom is -0.497 e. The smallest absolute Gasteiger partial charge is 0.326 e. The molecule has 0 radical (unpaired) electrons. The molecule has 10 nitrogen and oxygen atoms in total. The van der Waals surface area contributed by atoms with Crippen molar-refractivity contribution in [1.29, 1.82) is 0 Å². The molecule has 0 fully saturated rings. The number of carbonyl (C=O) groups is 1. The van der Waals surface area contributed by atoms with Crippen LogP contribution in [0.1, 0.15) is 12.5 Å². The Morgan fingerprint density at radius 3 is 2.40 bits per heavy atom. The second kappa shape index (κ2) is 9.44. The molecule has 0 aliphatic heterocycles. The van der Waals surface area contributed by atoms with Crippen molar-refractivity contribution < 1.29 is 32.3 Å². The zero-order valence-corrected chi connectivity index (χ0v) is 17.8. The molecule has 162 valence electrons. The van der Waals surface area contributed by atoms with Crippen LogP contribution in [0.3, 0.4) is 0 Å². The molecule has 0 amide bonds. The number of hydrogen-bond acceptors (Lipinski definition) is 8. The summed E-state index contributed by atoms with van der Waals surface area (Å²) in [7, 11) is -1.66. The third kappa shape index (κ3) is 4.79. The first-order valence-electron chi connectivity index (χ1n) is 8.81. The second-order valence-electron chi connectivity index (χ2n) is 6.06. The number of aryl methyl sites for hydroxylation is 1. The number of rotatable bonds is 9. The third-order valence-corrected chi connectivity index (χ3v) is 5.95. The maximum Gasteiger partial charge on any atom is 0.326 e. The van der Waals surface area contributed by atoms with E-state index in [0.717, 1.165) is 10.4 Å². The number of esters is 1. The largest absolute Gasteiger partial charge is 0.497 e. The molecule has 0 saturated heterocycles. The molecular formula is C19H22N2O8S. The van der Waals surface area contributed by atoms with Gasteiger partial charge in [-0.3, -0.25) is 19.2 Å². The van der Waals surface area contributed by atoms with E-state index in [-0.39, 0.29) is 28.6 Å². The molecule has 0 saturated carbocycles. The zero-order valence-electron chi connectivity index (χ0n) is 16.9. The Bertz CT molecular complexity index is 1050. The summed E-state index contributed by atoms with van der Waals surface area (Å²) in [4.78, 5) is 22.4. The molecule has 0 heterocycles. The molecular weight excluding hydrogens is 416 g/mol. The summed E-state index contributed by atoms with van der Waals surface area (Å²) in [6.07, 6.45) is 0. The number of nitrogens with zero attached hydrogens (tertiary/aromatic N) is 2. The Hall–Kier alpha value is -3.34. The van der Waals surface area contributed by atoms with E-state index in [9.17, 15) is 23.3 Å². The van der Waals surface area contributed by atoms with Gasteiger partial charge in [-0.15, -0.1) is 0 Å². The maximum absolute atomic E-state index is 13.4. The zero-order chi connectivity index (χ0) is 22.5. The normalized spacial score (nSPS) is 10.9. The van der Waals surface area contributed by atoms with Gasteiger partial charge in [0, 0.05) is 17.7 Å². The van der Waals surface area contributed by atoms with E-state index in [2.05, 4.69) is 0 Å². The Morgan fingerprint density at radius 1 is 1.13 bits per heavy atom. The number of ether oxygens (including phenoxy) is 3. The number of benzene rings is 2. The lowest BCUT2D eigenvalue weighted by molar-refractivity contribution is -0.385. The molecule has 2 aromatic carbocycles. The molecule has 0 unspecified atom stereocenters. The van der Waals surface area contributed by atoms with Crippen LogP contribution in [0.25, 0.3) is 0 Å². The van der Waals surface area contributed by atoms with E-state index in [4.69, 9.17) is 14.2 Å². The van der Waals surface area contributed by atoms with E-state index in [1.54, 1.807) is 13.0 Å². The highest BCUT2D eigenvalue weighted by molar-refractivity contribution is 7.92. The predicted octanol–water partition coefficient (Wildman–Crippen LogP) is 2.68. The van der Waals surface area contributed by atoms with E-state index in [0.29, 0.717) is 11.3 Å². The second-order valence-corrected chi connectivity index (χ2v) is 7.92. The number of nitro groups is 1. The van der Waals surface area contributed by atoms with Crippen molar-refractivity contribution in [3.05, 3.63) is 52.1 Å². The van der Waals surface area contributed by atoms with Crippen molar-refractivity contribution >= 4 is 27.4 Å². The van der Waals surface area contributed by atoms with Crippen molar-refractivity contribution in [3.8, 4) is 11.5 Å². The number of sulfonamides is 1. The van der Waals surface area contributed by atoms with E-state index < -0.39 is 27.5 Å². The lowest BCUT2D eigenvalue weighted by Crippen LogP contribution is -2.37. The summed E-state index contributed by atoms with van der Waals surface area (Å²) in [5, 5.41) is 11.3. The monoisotopic (exact) mass is 438 g/mol. The summed E-state index contributed by atoms with van der Waals surface area (Å²) < 4.78 is 43.0. The van der Waals surface area contributed by atoms with Crippen LogP contribution in [-0.4, -0.2) is 46.7 Å². The molecule has 30 heavy (non-hydrogen) atoms. The lowest BCUT2D eigenvalue weighted by Gasteiger charge is -2.25. The molecule has 0 aliphatic carbocycles. The maximum atomic E-state index is 13.4. The molecule has 2 aromatic rings. The van der Waals surface area contributed by atoms with Crippen LogP contribution in [0.2, 0.25) is 0 Å². The Kier molecular flexibility index (Phi) is 7.22. The van der Waals surface area contributed by atoms with Gasteiger partial charge in [0.1, 0.15) is 18.0 Å². The van der Waals surface area contributed by atoms with Crippen LogP contribution in [0.5, 0.6) is 11.5 Å². The fourth-order valence-electron chi connectivity index (χ4n) is 2.69. The van der Waals surface area contributed by atoms with Crippen molar-refractivity contribution in [2.45, 2.75) is 18.7 Å². The topological polar surface area (TPSA) is 125 Å². The molecule has 0 spiro atoms. The van der Waals surface area contributed by atoms with Gasteiger partial charge in [-0.1, -0.05) is 6.07 Å². The van der Waals surface area contributed by atoms with Gasteiger partial charge in [-0.2, -0.15) is 0 Å². The van der Waals surface area contributed by atoms with Crippen LogP contribution in [0.4, 0.5) is 11.4 Å². The van der Waals surface area contributed by atoms with Crippen molar-refractivity contribution in [3.63, 3.8) is 0 Å². The van der Waals surface area contributed by atoms with Crippen LogP contribution >= 0.6 is 0 Å². The highest BCUT2D eigenvalue weighted by Crippen LogP contribution is 2.36. The van der Waals surface area contributed by atoms with Gasteiger partial charge < -0.3 is 14.2 Å². The molecule has 0 aliphatic rings. The van der Waals surface area contributed by atoms with Gasteiger partial charge in [0.05, 0.1) is 36.3 Å². The number of anilines is 1. The SMILES string of the molecule is CCOC(=O)CN(c1cc(OC)ccc1OC)S(=O)(=O)c1ccc(C)c([N+](=O)[O-])c1. The molecule has 2 rings (SSSR count). The Morgan fingerprint density at radius 2 is 1.83 bits per heavy atom. The van der Waals surface area contributed by atoms with Gasteiger partial charge in [-0.25, -0.2) is 8.42 Å². The summed E-state index contributed by atoms with van der Waals surface area (Å²) in [6.45, 7) is 2.47. The summed E-state index contributed by atoms with van der Waals surface area (Å²) in [5.41, 5.74) is -0.0345. The summed E-state index contributed by atoms with van der Waals surface area (Å²) >= 11 is 0. The number of methoxy groups -OCH3 is 2. The molecule has 11 heteroatoms. The highest BCUT2D eigenvalue weighted by Gasteiger charge is 2.32. The lowest BCUT2D eigenvalue weighted by atomic mass is 10.2. The van der Waals surface area contributed by atoms with Gasteiger partial charge in [0.25, 0.3) is 15.7 Å². The van der Waals surface area contributed by atoms with E-state index in [1.807, 2.05) is 0 Å². The van der Waals surface area contributed by atoms with E-state index >= 15 is 0 Å². The van der Waals surface area contributed by atoms with Gasteiger partial charge >= 0.3 is 5.97 Å². The van der Waals surface area contributed by atoms with E-state index in [1.165, 1.54) is 45.4 Å². The first kappa shape index (κ1) is 22.9. The number of carbonyl (C=O) groups excluding carboxylic acids is 1. The minimum atomic E-state index is -4.41. The molecule has 0 aromatic heterocycles. The quantitative estimate of drug-likeness (QED) is 0.332. The predicted molar refractivity (Wildman–Crippen MR) is 109 cm³/mol. The van der Waals surface area contributed by atoms with Crippen molar-refractivity contribution in [1.82, 2.24) is 0 Å². The number of hydrogen-bond donors (Lipinski definition) is 0. The van der Waals surface area contributed by atoms with Crippen molar-refractivity contribution in [2.75, 3.05) is 31.7 Å². The molecule has 0 bridgehead atoms. The minimum absolute atomic E-state index is 0.0214. The number of nitro benzene ring substituents is 1. The molecule has 0 atom stereocenters. The Labute approximate surface area is 174 Å². The first-order chi connectivity index (χ1) is 14.1. The van der Waals surface area contributed by atoms with Crippen LogP contribution in [0.15, 0.2) is 41.3 Å². The van der Waals surface area contributed by atoms with Crippen molar-refractivity contribution in [2.24, 2.45) is 0 Å². The average Bonchev–Trinajstić information content (AvgIpc) is 2.71. The average molecular weight is 438 g/mol. The molecule has 0 N–H and O–H groups in total. The third-order valence-electron chi connectivity index (χ3n) is 4.20. The van der Waals surface area contributed by atoms with Gasteiger partial charge in [0.15, 0.2) is 0 Å². The first-order valence-corrected chi connectivity index (χ1v) is 10.2. The summed E-state index contributed by atoms with van der Waals surface area (Å²) in [5.74, 6) is -0.317. The van der Waals surface area contributed by atoms with Crippen LogP contribution in [-0.2, 0) is 19.6 Å². The van der Waals surface area contributed by atoms with Crippen LogP contribution in [0, 0.1) is 17.0 Å². The summed E-state index contributed by atoms with van der Waals surface area (Å²) in [6, 6.07) is 7.96. The standard InChI is InChI=1S/C19H22N2O8S/c1-5-29-19(22)12-20(17-10-14(27-3)7-9-18(17)28-4)30(25,26)15-8-6-13(2)16(11-15)21(23)24/h6-11H,5,12H2,1-4H3. The van der Waals surface area contributed by atoms with Gasteiger partial charge in [-0.05, 0) is 32.0 Å².